The molecule has 0 aliphatic carbocycles. The predicted octanol–water partition coefficient (Wildman–Crippen LogP) is 4.97. The van der Waals surface area contributed by atoms with Crippen LogP contribution in [-0.4, -0.2) is 36.7 Å². The summed E-state index contributed by atoms with van der Waals surface area (Å²) in [5.74, 6) is -1.97. The van der Waals surface area contributed by atoms with Crippen LogP contribution in [0, 0.1) is 19.7 Å². The molecule has 0 saturated carbocycles. The third-order valence-electron chi connectivity index (χ3n) is 4.40. The van der Waals surface area contributed by atoms with Crippen LogP contribution in [0.15, 0.2) is 18.2 Å². The van der Waals surface area contributed by atoms with E-state index in [4.69, 9.17) is 25.8 Å². The lowest BCUT2D eigenvalue weighted by Gasteiger charge is -2.29. The molecule has 6 nitrogen and oxygen atoms in total. The number of methoxy groups -OCH3 is 2. The first-order valence-electron chi connectivity index (χ1n) is 9.21. The molecule has 30 heavy (non-hydrogen) atoms. The van der Waals surface area contributed by atoms with Crippen molar-refractivity contribution in [1.82, 2.24) is 4.98 Å². The van der Waals surface area contributed by atoms with Crippen molar-refractivity contribution in [2.45, 2.75) is 46.3 Å². The normalized spacial score (nSPS) is 12.4. The fourth-order valence-corrected chi connectivity index (χ4v) is 3.31. The van der Waals surface area contributed by atoms with Gasteiger partial charge in [-0.25, -0.2) is 19.0 Å². The van der Waals surface area contributed by atoms with Crippen LogP contribution in [0.3, 0.4) is 0 Å². The number of carbonyl (C=O) groups is 2. The Morgan fingerprint density at radius 3 is 2.27 bits per heavy atom. The van der Waals surface area contributed by atoms with Crippen molar-refractivity contribution < 1.29 is 28.2 Å². The SMILES string of the molecule is COC(=O)c1nc(C)c([C@H](OC(C)(C)C)C(=O)OC)c(-c2ccc(Cl)cc2F)c1C. The second-order valence-corrected chi connectivity index (χ2v) is 8.15. The number of pyridine rings is 1. The molecular weight excluding hydrogens is 413 g/mol. The van der Waals surface area contributed by atoms with E-state index in [1.165, 1.54) is 26.4 Å². The molecule has 0 saturated heterocycles. The van der Waals surface area contributed by atoms with Crippen LogP contribution in [0.2, 0.25) is 5.02 Å². The van der Waals surface area contributed by atoms with Crippen LogP contribution >= 0.6 is 11.6 Å². The summed E-state index contributed by atoms with van der Waals surface area (Å²) in [5, 5.41) is 0.213. The van der Waals surface area contributed by atoms with Crippen molar-refractivity contribution in [2.24, 2.45) is 0 Å². The monoisotopic (exact) mass is 437 g/mol. The minimum Gasteiger partial charge on any atom is -0.467 e. The maximum atomic E-state index is 14.9. The lowest BCUT2D eigenvalue weighted by Crippen LogP contribution is -2.30. The van der Waals surface area contributed by atoms with Crippen LogP contribution < -0.4 is 0 Å². The van der Waals surface area contributed by atoms with Crippen molar-refractivity contribution in [3.05, 3.63) is 51.6 Å². The van der Waals surface area contributed by atoms with Crippen LogP contribution in [0.1, 0.15) is 54.2 Å². The lowest BCUT2D eigenvalue weighted by atomic mass is 9.89. The maximum absolute atomic E-state index is 14.9. The maximum Gasteiger partial charge on any atom is 0.356 e. The first-order valence-corrected chi connectivity index (χ1v) is 9.59. The number of esters is 2. The van der Waals surface area contributed by atoms with Crippen molar-refractivity contribution in [1.29, 1.82) is 0 Å². The molecule has 1 heterocycles. The Kier molecular flexibility index (Phi) is 7.21. The standard InChI is InChI=1S/C22H25ClFNO5/c1-11-16(14-9-8-13(23)10-15(14)24)17(12(2)25-18(11)20(26)28-6)19(21(27)29-7)30-22(3,4)5/h8-10,19H,1-7H3/t19-/m0/s1. The van der Waals surface area contributed by atoms with Gasteiger partial charge in [-0.1, -0.05) is 11.6 Å². The van der Waals surface area contributed by atoms with Gasteiger partial charge in [0.05, 0.1) is 19.8 Å². The molecule has 0 spiro atoms. The number of aryl methyl sites for hydroxylation is 1. The summed E-state index contributed by atoms with van der Waals surface area (Å²) < 4.78 is 30.7. The fraction of sp³-hybridized carbons (Fsp3) is 0.409. The summed E-state index contributed by atoms with van der Waals surface area (Å²) in [5.41, 5.74) is 0.701. The molecule has 162 valence electrons. The Hall–Kier alpha value is -2.51. The van der Waals surface area contributed by atoms with Gasteiger partial charge in [0.2, 0.25) is 0 Å². The number of hydrogen-bond acceptors (Lipinski definition) is 6. The summed E-state index contributed by atoms with van der Waals surface area (Å²) in [6.07, 6.45) is -1.20. The van der Waals surface area contributed by atoms with Gasteiger partial charge in [-0.05, 0) is 63.9 Å². The van der Waals surface area contributed by atoms with E-state index in [0.29, 0.717) is 22.4 Å². The zero-order chi connectivity index (χ0) is 22.8. The number of nitrogens with zero attached hydrogens (tertiary/aromatic N) is 1. The summed E-state index contributed by atoms with van der Waals surface area (Å²) in [7, 11) is 2.47. The molecule has 0 amide bonds. The van der Waals surface area contributed by atoms with Crippen molar-refractivity contribution in [3.8, 4) is 11.1 Å². The third-order valence-corrected chi connectivity index (χ3v) is 4.63. The number of benzene rings is 1. The van der Waals surface area contributed by atoms with E-state index in [-0.39, 0.29) is 16.3 Å². The molecule has 2 rings (SSSR count). The molecule has 0 N–H and O–H groups in total. The van der Waals surface area contributed by atoms with Crippen LogP contribution in [0.5, 0.6) is 0 Å². The Morgan fingerprint density at radius 1 is 1.13 bits per heavy atom. The minimum absolute atomic E-state index is 0.0162. The Labute approximate surface area is 180 Å². The van der Waals surface area contributed by atoms with E-state index < -0.39 is 29.5 Å². The fourth-order valence-electron chi connectivity index (χ4n) is 3.15. The molecule has 2 aromatic rings. The summed E-state index contributed by atoms with van der Waals surface area (Å²) in [4.78, 5) is 29.3. The van der Waals surface area contributed by atoms with Gasteiger partial charge in [0.15, 0.2) is 11.8 Å². The topological polar surface area (TPSA) is 74.7 Å². The Morgan fingerprint density at radius 2 is 1.77 bits per heavy atom. The molecule has 0 radical (unpaired) electrons. The molecule has 0 fully saturated rings. The number of hydrogen-bond donors (Lipinski definition) is 0. The van der Waals surface area contributed by atoms with E-state index in [0.717, 1.165) is 6.07 Å². The number of halogens is 2. The zero-order valence-corrected chi connectivity index (χ0v) is 18.8. The number of rotatable bonds is 5. The molecule has 8 heteroatoms. The van der Waals surface area contributed by atoms with Gasteiger partial charge in [0.1, 0.15) is 5.82 Å². The first kappa shape index (κ1) is 23.8. The number of aromatic nitrogens is 1. The Balaban J connectivity index is 2.95. The molecule has 1 aromatic carbocycles. The number of ether oxygens (including phenoxy) is 3. The van der Waals surface area contributed by atoms with Crippen molar-refractivity contribution in [2.75, 3.05) is 14.2 Å². The van der Waals surface area contributed by atoms with Gasteiger partial charge in [0.25, 0.3) is 0 Å². The highest BCUT2D eigenvalue weighted by Crippen LogP contribution is 2.39. The van der Waals surface area contributed by atoms with Crippen LogP contribution in [0.4, 0.5) is 4.39 Å². The minimum atomic E-state index is -1.20. The van der Waals surface area contributed by atoms with Gasteiger partial charge in [-0.15, -0.1) is 0 Å². The molecule has 1 aromatic heterocycles. The first-order chi connectivity index (χ1) is 13.9. The second kappa shape index (κ2) is 9.10. The van der Waals surface area contributed by atoms with Crippen LogP contribution in [-0.2, 0) is 19.0 Å². The van der Waals surface area contributed by atoms with E-state index >= 15 is 0 Å². The summed E-state index contributed by atoms with van der Waals surface area (Å²) in [6, 6.07) is 4.16. The van der Waals surface area contributed by atoms with Gasteiger partial charge in [-0.2, -0.15) is 0 Å². The van der Waals surface area contributed by atoms with Crippen molar-refractivity contribution in [3.63, 3.8) is 0 Å². The molecule has 0 aliphatic rings. The average Bonchev–Trinajstić information content (AvgIpc) is 2.66. The average molecular weight is 438 g/mol. The van der Waals surface area contributed by atoms with Gasteiger partial charge >= 0.3 is 11.9 Å². The second-order valence-electron chi connectivity index (χ2n) is 7.71. The van der Waals surface area contributed by atoms with Gasteiger partial charge in [0, 0.05) is 21.8 Å². The van der Waals surface area contributed by atoms with E-state index in [1.807, 2.05) is 0 Å². The lowest BCUT2D eigenvalue weighted by molar-refractivity contribution is -0.164. The number of carbonyl (C=O) groups excluding carboxylic acids is 2. The zero-order valence-electron chi connectivity index (χ0n) is 18.1. The molecule has 0 unspecified atom stereocenters. The predicted molar refractivity (Wildman–Crippen MR) is 111 cm³/mol. The molecule has 0 bridgehead atoms. The van der Waals surface area contributed by atoms with E-state index in [1.54, 1.807) is 34.6 Å². The highest BCUT2D eigenvalue weighted by Gasteiger charge is 2.35. The molecular formula is C22H25ClFNO5. The highest BCUT2D eigenvalue weighted by atomic mass is 35.5. The largest absolute Gasteiger partial charge is 0.467 e. The quantitative estimate of drug-likeness (QED) is 0.614. The highest BCUT2D eigenvalue weighted by molar-refractivity contribution is 6.30. The molecule has 1 atom stereocenters. The van der Waals surface area contributed by atoms with Gasteiger partial charge in [-0.3, -0.25) is 0 Å². The molecule has 0 aliphatic heterocycles. The van der Waals surface area contributed by atoms with Crippen molar-refractivity contribution >= 4 is 23.5 Å². The Bertz CT molecular complexity index is 984. The van der Waals surface area contributed by atoms with Crippen LogP contribution in [0.25, 0.3) is 11.1 Å². The third kappa shape index (κ3) is 4.96. The van der Waals surface area contributed by atoms with E-state index in [9.17, 15) is 14.0 Å². The van der Waals surface area contributed by atoms with Gasteiger partial charge < -0.3 is 14.2 Å². The summed E-state index contributed by atoms with van der Waals surface area (Å²) in [6.45, 7) is 8.56. The van der Waals surface area contributed by atoms with E-state index in [2.05, 4.69) is 4.98 Å². The summed E-state index contributed by atoms with van der Waals surface area (Å²) >= 11 is 5.92. The smallest absolute Gasteiger partial charge is 0.356 e.